The maximum absolute atomic E-state index is 4.77. The van der Waals surface area contributed by atoms with E-state index in [1.54, 1.807) is 6.20 Å². The lowest BCUT2D eigenvalue weighted by Crippen LogP contribution is -2.20. The molecule has 5 rings (SSSR count). The van der Waals surface area contributed by atoms with Crippen LogP contribution in [-0.4, -0.2) is 37.0 Å². The van der Waals surface area contributed by atoms with Crippen molar-refractivity contribution in [3.05, 3.63) is 71.9 Å². The maximum atomic E-state index is 4.77. The van der Waals surface area contributed by atoms with Crippen LogP contribution in [0, 0.1) is 0 Å². The van der Waals surface area contributed by atoms with Crippen molar-refractivity contribution in [3.63, 3.8) is 0 Å². The Morgan fingerprint density at radius 1 is 1.10 bits per heavy atom. The van der Waals surface area contributed by atoms with Gasteiger partial charge in [-0.05, 0) is 49.4 Å². The van der Waals surface area contributed by atoms with Crippen LogP contribution in [0.1, 0.15) is 29.8 Å². The maximum Gasteiger partial charge on any atom is 0.225 e. The smallest absolute Gasteiger partial charge is 0.225 e. The largest absolute Gasteiger partial charge is 0.338 e. The third-order valence-electron chi connectivity index (χ3n) is 5.41. The average molecular weight is 385 g/mol. The topological polar surface area (TPSA) is 75.5 Å². The van der Waals surface area contributed by atoms with E-state index in [0.29, 0.717) is 12.5 Å². The van der Waals surface area contributed by atoms with E-state index in [4.69, 9.17) is 4.98 Å². The van der Waals surface area contributed by atoms with Gasteiger partial charge in [0.15, 0.2) is 0 Å². The summed E-state index contributed by atoms with van der Waals surface area (Å²) in [6.45, 7) is 0.693. The number of anilines is 1. The summed E-state index contributed by atoms with van der Waals surface area (Å²) in [5.74, 6) is 0.683. The summed E-state index contributed by atoms with van der Waals surface area (Å²) in [7, 11) is 2.01. The van der Waals surface area contributed by atoms with Crippen molar-refractivity contribution in [2.45, 2.75) is 32.2 Å². The third kappa shape index (κ3) is 3.51. The van der Waals surface area contributed by atoms with Crippen LogP contribution >= 0.6 is 0 Å². The Bertz CT molecular complexity index is 1110. The van der Waals surface area contributed by atoms with E-state index in [0.717, 1.165) is 35.5 Å². The van der Waals surface area contributed by atoms with E-state index >= 15 is 0 Å². The van der Waals surface area contributed by atoms with E-state index in [1.807, 2.05) is 60.5 Å². The molecule has 1 aliphatic carbocycles. The predicted molar refractivity (Wildman–Crippen MR) is 112 cm³/mol. The van der Waals surface area contributed by atoms with Crippen LogP contribution in [-0.2, 0) is 19.4 Å². The number of benzene rings is 1. The highest BCUT2D eigenvalue weighted by molar-refractivity contribution is 5.59. The molecule has 146 valence electrons. The number of aromatic amines is 1. The van der Waals surface area contributed by atoms with E-state index in [2.05, 4.69) is 25.2 Å². The van der Waals surface area contributed by atoms with Crippen LogP contribution in [0.4, 0.5) is 5.95 Å². The van der Waals surface area contributed by atoms with Crippen molar-refractivity contribution < 1.29 is 0 Å². The standard InChI is InChI=1S/C22H23N7/c1-28(15-21-18-9-5-6-10-20(18)26-27-21)22-23-12-11-19(25-22)16-13-24-29(14-16)17-7-3-2-4-8-17/h2-4,7-8,11-14H,5-6,9-10,15H2,1H3,(H,26,27). The van der Waals surface area contributed by atoms with Crippen molar-refractivity contribution in [2.24, 2.45) is 0 Å². The first kappa shape index (κ1) is 17.6. The van der Waals surface area contributed by atoms with Gasteiger partial charge in [-0.3, -0.25) is 5.10 Å². The lowest BCUT2D eigenvalue weighted by atomic mass is 9.96. The molecule has 0 saturated carbocycles. The van der Waals surface area contributed by atoms with Crippen LogP contribution in [0.2, 0.25) is 0 Å². The summed E-state index contributed by atoms with van der Waals surface area (Å²) in [4.78, 5) is 11.3. The van der Waals surface area contributed by atoms with E-state index < -0.39 is 0 Å². The molecule has 0 amide bonds. The Morgan fingerprint density at radius 2 is 1.97 bits per heavy atom. The van der Waals surface area contributed by atoms with Gasteiger partial charge in [-0.1, -0.05) is 18.2 Å². The summed E-state index contributed by atoms with van der Waals surface area (Å²) in [5, 5.41) is 12.2. The van der Waals surface area contributed by atoms with E-state index in [1.165, 1.54) is 24.1 Å². The van der Waals surface area contributed by atoms with Gasteiger partial charge in [-0.15, -0.1) is 0 Å². The van der Waals surface area contributed by atoms with Crippen LogP contribution in [0.3, 0.4) is 0 Å². The van der Waals surface area contributed by atoms with Crippen molar-refractivity contribution in [3.8, 4) is 16.9 Å². The molecule has 0 aliphatic heterocycles. The molecular formula is C22H23N7. The monoisotopic (exact) mass is 385 g/mol. The lowest BCUT2D eigenvalue weighted by Gasteiger charge is -2.18. The molecule has 0 unspecified atom stereocenters. The first-order valence-electron chi connectivity index (χ1n) is 9.97. The van der Waals surface area contributed by atoms with Gasteiger partial charge in [-0.25, -0.2) is 14.6 Å². The number of fused-ring (bicyclic) bond motifs is 1. The van der Waals surface area contributed by atoms with Crippen LogP contribution in [0.25, 0.3) is 16.9 Å². The molecule has 0 fully saturated rings. The number of hydrogen-bond donors (Lipinski definition) is 1. The second-order valence-electron chi connectivity index (χ2n) is 7.44. The van der Waals surface area contributed by atoms with Gasteiger partial charge in [0, 0.05) is 30.7 Å². The van der Waals surface area contributed by atoms with Crippen LogP contribution < -0.4 is 4.90 Å². The Labute approximate surface area is 169 Å². The fourth-order valence-corrected chi connectivity index (χ4v) is 3.85. The minimum absolute atomic E-state index is 0.683. The molecule has 1 N–H and O–H groups in total. The summed E-state index contributed by atoms with van der Waals surface area (Å²) in [6.07, 6.45) is 10.3. The van der Waals surface area contributed by atoms with E-state index in [9.17, 15) is 0 Å². The molecule has 3 aromatic heterocycles. The number of rotatable bonds is 5. The zero-order valence-corrected chi connectivity index (χ0v) is 16.4. The number of nitrogens with zero attached hydrogens (tertiary/aromatic N) is 6. The lowest BCUT2D eigenvalue weighted by molar-refractivity contribution is 0.671. The van der Waals surface area contributed by atoms with Crippen molar-refractivity contribution in [1.82, 2.24) is 29.9 Å². The molecule has 7 nitrogen and oxygen atoms in total. The molecular weight excluding hydrogens is 362 g/mol. The van der Waals surface area contributed by atoms with Gasteiger partial charge in [0.1, 0.15) is 0 Å². The van der Waals surface area contributed by atoms with Crippen molar-refractivity contribution >= 4 is 5.95 Å². The van der Waals surface area contributed by atoms with Gasteiger partial charge in [0.25, 0.3) is 0 Å². The van der Waals surface area contributed by atoms with Gasteiger partial charge < -0.3 is 4.90 Å². The Hall–Kier alpha value is -3.48. The number of hydrogen-bond acceptors (Lipinski definition) is 5. The Kier molecular flexibility index (Phi) is 4.56. The number of aromatic nitrogens is 6. The molecule has 4 aromatic rings. The second-order valence-corrected chi connectivity index (χ2v) is 7.44. The highest BCUT2D eigenvalue weighted by Crippen LogP contribution is 2.24. The number of aryl methyl sites for hydroxylation is 1. The molecule has 0 radical (unpaired) electrons. The summed E-state index contributed by atoms with van der Waals surface area (Å²) in [6, 6.07) is 12.0. The van der Waals surface area contributed by atoms with Crippen LogP contribution in [0.5, 0.6) is 0 Å². The SMILES string of the molecule is CN(Cc1n[nH]c2c1CCCC2)c1nccc(-c2cnn(-c3ccccc3)c2)n1. The molecule has 1 aromatic carbocycles. The first-order chi connectivity index (χ1) is 14.3. The molecule has 0 bridgehead atoms. The summed E-state index contributed by atoms with van der Waals surface area (Å²) in [5.41, 5.74) is 6.61. The Balaban J connectivity index is 1.37. The number of nitrogens with one attached hydrogen (secondary N) is 1. The number of H-pyrrole nitrogens is 1. The fourth-order valence-electron chi connectivity index (χ4n) is 3.85. The third-order valence-corrected chi connectivity index (χ3v) is 5.41. The fraction of sp³-hybridized carbons (Fsp3) is 0.273. The highest BCUT2D eigenvalue weighted by atomic mass is 15.3. The predicted octanol–water partition coefficient (Wildman–Crippen LogP) is 3.57. The molecule has 0 atom stereocenters. The number of para-hydroxylation sites is 1. The Morgan fingerprint density at radius 3 is 2.86 bits per heavy atom. The molecule has 7 heteroatoms. The molecule has 0 saturated heterocycles. The van der Waals surface area contributed by atoms with Gasteiger partial charge in [-0.2, -0.15) is 10.2 Å². The quantitative estimate of drug-likeness (QED) is 0.568. The normalized spacial score (nSPS) is 13.3. The van der Waals surface area contributed by atoms with Crippen molar-refractivity contribution in [1.29, 1.82) is 0 Å². The van der Waals surface area contributed by atoms with Gasteiger partial charge in [0.2, 0.25) is 5.95 Å². The minimum Gasteiger partial charge on any atom is -0.338 e. The summed E-state index contributed by atoms with van der Waals surface area (Å²) >= 11 is 0. The molecule has 29 heavy (non-hydrogen) atoms. The highest BCUT2D eigenvalue weighted by Gasteiger charge is 2.18. The second kappa shape index (κ2) is 7.50. The van der Waals surface area contributed by atoms with Gasteiger partial charge in [0.05, 0.1) is 29.8 Å². The average Bonchev–Trinajstić information content (AvgIpc) is 3.43. The van der Waals surface area contributed by atoms with Crippen molar-refractivity contribution in [2.75, 3.05) is 11.9 Å². The van der Waals surface area contributed by atoms with E-state index in [-0.39, 0.29) is 0 Å². The molecule has 3 heterocycles. The van der Waals surface area contributed by atoms with Gasteiger partial charge >= 0.3 is 0 Å². The van der Waals surface area contributed by atoms with Crippen LogP contribution in [0.15, 0.2) is 55.0 Å². The first-order valence-corrected chi connectivity index (χ1v) is 9.97. The molecule has 0 spiro atoms. The molecule has 1 aliphatic rings. The zero-order valence-electron chi connectivity index (χ0n) is 16.4. The summed E-state index contributed by atoms with van der Waals surface area (Å²) < 4.78 is 1.86. The minimum atomic E-state index is 0.683. The zero-order chi connectivity index (χ0) is 19.6.